The molecule has 1 heterocycles. The van der Waals surface area contributed by atoms with Crippen molar-refractivity contribution in [3.05, 3.63) is 22.7 Å². The van der Waals surface area contributed by atoms with Gasteiger partial charge in [0.05, 0.1) is 22.9 Å². The SMILES string of the molecule is Cc1c(Cl)ccc(N)c1NC1CCCS(=O)(=O)C1. The van der Waals surface area contributed by atoms with Crippen LogP contribution in [0.4, 0.5) is 11.4 Å². The first-order chi connectivity index (χ1) is 8.39. The van der Waals surface area contributed by atoms with E-state index in [0.717, 1.165) is 17.7 Å². The lowest BCUT2D eigenvalue weighted by Crippen LogP contribution is -2.35. The Morgan fingerprint density at radius 3 is 2.83 bits per heavy atom. The summed E-state index contributed by atoms with van der Waals surface area (Å²) in [6.45, 7) is 1.87. The van der Waals surface area contributed by atoms with Crippen LogP contribution in [0.15, 0.2) is 12.1 Å². The smallest absolute Gasteiger partial charge is 0.152 e. The van der Waals surface area contributed by atoms with E-state index in [1.807, 2.05) is 6.92 Å². The van der Waals surface area contributed by atoms with Crippen LogP contribution in [0, 0.1) is 6.92 Å². The van der Waals surface area contributed by atoms with Gasteiger partial charge in [-0.1, -0.05) is 11.6 Å². The van der Waals surface area contributed by atoms with Crippen molar-refractivity contribution in [3.63, 3.8) is 0 Å². The summed E-state index contributed by atoms with van der Waals surface area (Å²) in [7, 11) is -2.92. The van der Waals surface area contributed by atoms with E-state index in [9.17, 15) is 8.42 Å². The molecule has 1 aromatic rings. The zero-order valence-corrected chi connectivity index (χ0v) is 11.8. The summed E-state index contributed by atoms with van der Waals surface area (Å²) in [5.41, 5.74) is 8.12. The molecule has 1 aliphatic heterocycles. The molecule has 0 spiro atoms. The van der Waals surface area contributed by atoms with Crippen molar-refractivity contribution in [1.29, 1.82) is 0 Å². The molecular formula is C12H17ClN2O2S. The van der Waals surface area contributed by atoms with Crippen LogP contribution >= 0.6 is 11.6 Å². The van der Waals surface area contributed by atoms with Crippen LogP contribution in [0.3, 0.4) is 0 Å². The Balaban J connectivity index is 2.22. The number of nitrogens with two attached hydrogens (primary N) is 1. The number of benzene rings is 1. The fourth-order valence-electron chi connectivity index (χ4n) is 2.24. The minimum Gasteiger partial charge on any atom is -0.397 e. The van der Waals surface area contributed by atoms with Gasteiger partial charge in [-0.25, -0.2) is 8.42 Å². The summed E-state index contributed by atoms with van der Waals surface area (Å²) >= 11 is 6.05. The number of anilines is 2. The molecule has 0 saturated carbocycles. The quantitative estimate of drug-likeness (QED) is 0.819. The lowest BCUT2D eigenvalue weighted by Gasteiger charge is -2.25. The highest BCUT2D eigenvalue weighted by atomic mass is 35.5. The first kappa shape index (κ1) is 13.5. The number of nitrogen functional groups attached to an aromatic ring is 1. The van der Waals surface area contributed by atoms with Gasteiger partial charge in [-0.15, -0.1) is 0 Å². The van der Waals surface area contributed by atoms with Gasteiger partial charge in [0, 0.05) is 11.1 Å². The number of halogens is 1. The highest BCUT2D eigenvalue weighted by Crippen LogP contribution is 2.31. The molecule has 1 aliphatic rings. The average Bonchev–Trinajstić information content (AvgIpc) is 2.28. The first-order valence-corrected chi connectivity index (χ1v) is 8.10. The van der Waals surface area contributed by atoms with E-state index < -0.39 is 9.84 Å². The molecule has 0 bridgehead atoms. The maximum absolute atomic E-state index is 11.6. The van der Waals surface area contributed by atoms with Gasteiger partial charge in [-0.3, -0.25) is 0 Å². The van der Waals surface area contributed by atoms with Crippen LogP contribution in [0.25, 0.3) is 0 Å². The molecular weight excluding hydrogens is 272 g/mol. The lowest BCUT2D eigenvalue weighted by molar-refractivity contribution is 0.562. The molecule has 2 rings (SSSR count). The second-order valence-corrected chi connectivity index (χ2v) is 7.37. The van der Waals surface area contributed by atoms with Gasteiger partial charge in [-0.05, 0) is 37.5 Å². The molecule has 6 heteroatoms. The van der Waals surface area contributed by atoms with Crippen LogP contribution < -0.4 is 11.1 Å². The molecule has 1 unspecified atom stereocenters. The summed E-state index contributed by atoms with van der Waals surface area (Å²) in [5.74, 6) is 0.452. The molecule has 0 radical (unpaired) electrons. The minimum absolute atomic E-state index is 0.0804. The number of hydrogen-bond acceptors (Lipinski definition) is 4. The number of sulfone groups is 1. The molecule has 1 saturated heterocycles. The Labute approximate surface area is 112 Å². The highest BCUT2D eigenvalue weighted by Gasteiger charge is 2.25. The fraction of sp³-hybridized carbons (Fsp3) is 0.500. The highest BCUT2D eigenvalue weighted by molar-refractivity contribution is 7.91. The number of rotatable bonds is 2. The standard InChI is InChI=1S/C12H17ClN2O2S/c1-8-10(13)4-5-11(14)12(8)15-9-3-2-6-18(16,17)7-9/h4-5,9,15H,2-3,6-7,14H2,1H3. The van der Waals surface area contributed by atoms with Crippen molar-refractivity contribution in [2.45, 2.75) is 25.8 Å². The van der Waals surface area contributed by atoms with E-state index in [1.165, 1.54) is 0 Å². The molecule has 18 heavy (non-hydrogen) atoms. The molecule has 4 nitrogen and oxygen atoms in total. The first-order valence-electron chi connectivity index (χ1n) is 5.90. The summed E-state index contributed by atoms with van der Waals surface area (Å²) in [6.07, 6.45) is 1.53. The second-order valence-electron chi connectivity index (χ2n) is 4.73. The molecule has 0 aliphatic carbocycles. The molecule has 1 fully saturated rings. The summed E-state index contributed by atoms with van der Waals surface area (Å²) in [5, 5.41) is 3.86. The Kier molecular flexibility index (Phi) is 3.73. The van der Waals surface area contributed by atoms with Gasteiger partial charge in [0.2, 0.25) is 0 Å². The van der Waals surface area contributed by atoms with Gasteiger partial charge in [-0.2, -0.15) is 0 Å². The van der Waals surface area contributed by atoms with Gasteiger partial charge in [0.15, 0.2) is 9.84 Å². The third kappa shape index (κ3) is 2.90. The second kappa shape index (κ2) is 4.97. The molecule has 1 aromatic carbocycles. The summed E-state index contributed by atoms with van der Waals surface area (Å²) in [4.78, 5) is 0. The van der Waals surface area contributed by atoms with E-state index in [-0.39, 0.29) is 17.5 Å². The van der Waals surface area contributed by atoms with E-state index in [4.69, 9.17) is 17.3 Å². The Morgan fingerprint density at radius 2 is 2.17 bits per heavy atom. The zero-order chi connectivity index (χ0) is 13.3. The Hall–Kier alpha value is -0.940. The summed E-state index contributed by atoms with van der Waals surface area (Å²) < 4.78 is 23.2. The number of hydrogen-bond donors (Lipinski definition) is 2. The van der Waals surface area contributed by atoms with Crippen LogP contribution in [-0.2, 0) is 9.84 Å². The third-order valence-electron chi connectivity index (χ3n) is 3.24. The van der Waals surface area contributed by atoms with E-state index in [2.05, 4.69) is 5.32 Å². The van der Waals surface area contributed by atoms with Gasteiger partial charge in [0.25, 0.3) is 0 Å². The Morgan fingerprint density at radius 1 is 1.44 bits per heavy atom. The monoisotopic (exact) mass is 288 g/mol. The van der Waals surface area contributed by atoms with Crippen LogP contribution in [0.1, 0.15) is 18.4 Å². The van der Waals surface area contributed by atoms with Crippen molar-refractivity contribution < 1.29 is 8.42 Å². The molecule has 100 valence electrons. The predicted molar refractivity (Wildman–Crippen MR) is 75.9 cm³/mol. The fourth-order valence-corrected chi connectivity index (χ4v) is 4.03. The lowest BCUT2D eigenvalue weighted by atomic mass is 10.1. The van der Waals surface area contributed by atoms with Crippen molar-refractivity contribution in [1.82, 2.24) is 0 Å². The van der Waals surface area contributed by atoms with Crippen molar-refractivity contribution in [2.24, 2.45) is 0 Å². The minimum atomic E-state index is -2.92. The predicted octanol–water partition coefficient (Wildman–Crippen LogP) is 2.22. The molecule has 0 amide bonds. The Bertz CT molecular complexity index is 557. The zero-order valence-electron chi connectivity index (χ0n) is 10.2. The third-order valence-corrected chi connectivity index (χ3v) is 5.47. The van der Waals surface area contributed by atoms with Crippen LogP contribution in [0.5, 0.6) is 0 Å². The molecule has 3 N–H and O–H groups in total. The van der Waals surface area contributed by atoms with E-state index in [0.29, 0.717) is 17.1 Å². The van der Waals surface area contributed by atoms with E-state index in [1.54, 1.807) is 12.1 Å². The van der Waals surface area contributed by atoms with Gasteiger partial charge < -0.3 is 11.1 Å². The van der Waals surface area contributed by atoms with Gasteiger partial charge in [0.1, 0.15) is 0 Å². The largest absolute Gasteiger partial charge is 0.397 e. The summed E-state index contributed by atoms with van der Waals surface area (Å²) in [6, 6.07) is 3.40. The van der Waals surface area contributed by atoms with Crippen molar-refractivity contribution >= 4 is 32.8 Å². The number of nitrogens with one attached hydrogen (secondary N) is 1. The van der Waals surface area contributed by atoms with Crippen molar-refractivity contribution in [2.75, 3.05) is 22.6 Å². The molecule has 0 aromatic heterocycles. The maximum atomic E-state index is 11.6. The maximum Gasteiger partial charge on any atom is 0.152 e. The van der Waals surface area contributed by atoms with E-state index >= 15 is 0 Å². The van der Waals surface area contributed by atoms with Crippen LogP contribution in [-0.4, -0.2) is 26.0 Å². The average molecular weight is 289 g/mol. The van der Waals surface area contributed by atoms with Crippen LogP contribution in [0.2, 0.25) is 5.02 Å². The van der Waals surface area contributed by atoms with Gasteiger partial charge >= 0.3 is 0 Å². The van der Waals surface area contributed by atoms with Crippen molar-refractivity contribution in [3.8, 4) is 0 Å². The normalized spacial score (nSPS) is 22.7. The molecule has 1 atom stereocenters. The topological polar surface area (TPSA) is 72.2 Å².